The van der Waals surface area contributed by atoms with Crippen LogP contribution in [0.1, 0.15) is 30.2 Å². The summed E-state index contributed by atoms with van der Waals surface area (Å²) in [6.45, 7) is 1.54. The third-order valence-electron chi connectivity index (χ3n) is 4.49. The molecule has 2 aromatic rings. The lowest BCUT2D eigenvalue weighted by molar-refractivity contribution is -0.143. The van der Waals surface area contributed by atoms with Crippen molar-refractivity contribution in [1.29, 1.82) is 0 Å². The number of furan rings is 1. The van der Waals surface area contributed by atoms with Crippen molar-refractivity contribution in [1.82, 2.24) is 4.90 Å². The molecular formula is C18H21NO3S. The molecule has 1 aromatic carbocycles. The van der Waals surface area contributed by atoms with E-state index < -0.39 is 5.97 Å². The minimum Gasteiger partial charge on any atom is -0.481 e. The normalized spacial score (nSPS) is 18.0. The molecule has 0 aliphatic carbocycles. The Balaban J connectivity index is 1.83. The van der Waals surface area contributed by atoms with Gasteiger partial charge in [0.1, 0.15) is 5.76 Å². The van der Waals surface area contributed by atoms with Gasteiger partial charge in [-0.25, -0.2) is 0 Å². The summed E-state index contributed by atoms with van der Waals surface area (Å²) in [6.07, 6.45) is 5.14. The highest BCUT2D eigenvalue weighted by molar-refractivity contribution is 7.98. The summed E-state index contributed by atoms with van der Waals surface area (Å²) in [4.78, 5) is 14.7. The van der Waals surface area contributed by atoms with Gasteiger partial charge in [0, 0.05) is 4.90 Å². The summed E-state index contributed by atoms with van der Waals surface area (Å²) in [6, 6.07) is 12.5. The first-order valence-corrected chi connectivity index (χ1v) is 9.05. The number of likely N-dealkylation sites (tertiary alicyclic amines) is 1. The molecule has 1 aliphatic rings. The molecule has 1 aliphatic heterocycles. The van der Waals surface area contributed by atoms with Crippen molar-refractivity contribution in [2.24, 2.45) is 5.92 Å². The lowest BCUT2D eigenvalue weighted by atomic mass is 9.93. The molecule has 0 radical (unpaired) electrons. The molecule has 0 amide bonds. The van der Waals surface area contributed by atoms with E-state index in [0.29, 0.717) is 12.8 Å². The lowest BCUT2D eigenvalue weighted by Crippen LogP contribution is -2.39. The van der Waals surface area contributed by atoms with Crippen molar-refractivity contribution in [3.05, 3.63) is 54.0 Å². The number of piperidine rings is 1. The SMILES string of the molecule is CSc1ccc(C(c2ccco2)N2CCC(C(=O)O)CC2)cc1. The highest BCUT2D eigenvalue weighted by atomic mass is 32.2. The second-order valence-electron chi connectivity index (χ2n) is 5.84. The van der Waals surface area contributed by atoms with Crippen LogP contribution < -0.4 is 0 Å². The van der Waals surface area contributed by atoms with Crippen LogP contribution in [-0.2, 0) is 4.79 Å². The molecule has 122 valence electrons. The van der Waals surface area contributed by atoms with Crippen LogP contribution in [0.5, 0.6) is 0 Å². The predicted molar refractivity (Wildman–Crippen MR) is 90.7 cm³/mol. The van der Waals surface area contributed by atoms with E-state index in [1.807, 2.05) is 12.1 Å². The third-order valence-corrected chi connectivity index (χ3v) is 5.23. The van der Waals surface area contributed by atoms with Crippen LogP contribution in [0, 0.1) is 5.92 Å². The number of carboxylic acids is 1. The number of carbonyl (C=O) groups is 1. The molecule has 5 heteroatoms. The van der Waals surface area contributed by atoms with Gasteiger partial charge in [-0.3, -0.25) is 9.69 Å². The van der Waals surface area contributed by atoms with E-state index in [-0.39, 0.29) is 12.0 Å². The van der Waals surface area contributed by atoms with Crippen LogP contribution in [0.25, 0.3) is 0 Å². The van der Waals surface area contributed by atoms with E-state index in [4.69, 9.17) is 4.42 Å². The molecule has 2 heterocycles. The van der Waals surface area contributed by atoms with Gasteiger partial charge in [0.25, 0.3) is 0 Å². The maximum Gasteiger partial charge on any atom is 0.306 e. The molecular weight excluding hydrogens is 310 g/mol. The van der Waals surface area contributed by atoms with Gasteiger partial charge < -0.3 is 9.52 Å². The fourth-order valence-electron chi connectivity index (χ4n) is 3.19. The molecule has 23 heavy (non-hydrogen) atoms. The van der Waals surface area contributed by atoms with Gasteiger partial charge in [0.2, 0.25) is 0 Å². The van der Waals surface area contributed by atoms with Crippen LogP contribution in [0.4, 0.5) is 0 Å². The second-order valence-corrected chi connectivity index (χ2v) is 6.72. The van der Waals surface area contributed by atoms with E-state index in [1.165, 1.54) is 10.5 Å². The topological polar surface area (TPSA) is 53.7 Å². The summed E-state index contributed by atoms with van der Waals surface area (Å²) in [5.74, 6) is 0.0153. The van der Waals surface area contributed by atoms with Gasteiger partial charge >= 0.3 is 5.97 Å². The second kappa shape index (κ2) is 7.23. The van der Waals surface area contributed by atoms with Crippen molar-refractivity contribution >= 4 is 17.7 Å². The Morgan fingerprint density at radius 1 is 1.26 bits per heavy atom. The molecule has 1 unspecified atom stereocenters. The first-order valence-electron chi connectivity index (χ1n) is 7.83. The zero-order chi connectivity index (χ0) is 16.2. The highest BCUT2D eigenvalue weighted by Gasteiger charge is 2.31. The van der Waals surface area contributed by atoms with Gasteiger partial charge in [0.15, 0.2) is 0 Å². The Hall–Kier alpha value is -1.72. The largest absolute Gasteiger partial charge is 0.481 e. The van der Waals surface area contributed by atoms with Crippen molar-refractivity contribution < 1.29 is 14.3 Å². The molecule has 1 fully saturated rings. The molecule has 1 saturated heterocycles. The Labute approximate surface area is 140 Å². The molecule has 3 rings (SSSR count). The minimum absolute atomic E-state index is 0.0515. The Kier molecular flexibility index (Phi) is 5.08. The number of hydrogen-bond donors (Lipinski definition) is 1. The number of rotatable bonds is 5. The van der Waals surface area contributed by atoms with Gasteiger partial charge in [-0.2, -0.15) is 0 Å². The fourth-order valence-corrected chi connectivity index (χ4v) is 3.60. The van der Waals surface area contributed by atoms with Crippen molar-refractivity contribution in [2.45, 2.75) is 23.8 Å². The first kappa shape index (κ1) is 16.1. The van der Waals surface area contributed by atoms with Crippen LogP contribution >= 0.6 is 11.8 Å². The molecule has 1 N–H and O–H groups in total. The summed E-state index contributed by atoms with van der Waals surface area (Å²) >= 11 is 1.72. The lowest BCUT2D eigenvalue weighted by Gasteiger charge is -2.35. The zero-order valence-electron chi connectivity index (χ0n) is 13.1. The molecule has 0 bridgehead atoms. The van der Waals surface area contributed by atoms with Crippen molar-refractivity contribution in [3.63, 3.8) is 0 Å². The van der Waals surface area contributed by atoms with Crippen molar-refractivity contribution in [3.8, 4) is 0 Å². The maximum atomic E-state index is 11.2. The standard InChI is InChI=1S/C18H21NO3S/c1-23-15-6-4-13(5-7-15)17(16-3-2-12-22-16)19-10-8-14(9-11-19)18(20)21/h2-7,12,14,17H,8-11H2,1H3,(H,20,21). The maximum absolute atomic E-state index is 11.2. The van der Waals surface area contributed by atoms with Crippen LogP contribution in [0.15, 0.2) is 52.0 Å². The summed E-state index contributed by atoms with van der Waals surface area (Å²) in [5.41, 5.74) is 1.19. The fraction of sp³-hybridized carbons (Fsp3) is 0.389. The van der Waals surface area contributed by atoms with E-state index in [0.717, 1.165) is 18.8 Å². The Bertz CT molecular complexity index is 631. The Morgan fingerprint density at radius 2 is 1.96 bits per heavy atom. The van der Waals surface area contributed by atoms with Gasteiger partial charge in [-0.1, -0.05) is 12.1 Å². The highest BCUT2D eigenvalue weighted by Crippen LogP contribution is 2.33. The van der Waals surface area contributed by atoms with Gasteiger partial charge in [0.05, 0.1) is 18.2 Å². The molecule has 1 atom stereocenters. The Morgan fingerprint density at radius 3 is 2.48 bits per heavy atom. The van der Waals surface area contributed by atoms with Crippen molar-refractivity contribution in [2.75, 3.05) is 19.3 Å². The van der Waals surface area contributed by atoms with E-state index in [2.05, 4.69) is 35.4 Å². The number of thioether (sulfide) groups is 1. The molecule has 0 saturated carbocycles. The zero-order valence-corrected chi connectivity index (χ0v) is 14.0. The monoisotopic (exact) mass is 331 g/mol. The molecule has 4 nitrogen and oxygen atoms in total. The number of nitrogens with zero attached hydrogens (tertiary/aromatic N) is 1. The smallest absolute Gasteiger partial charge is 0.306 e. The average Bonchev–Trinajstić information content (AvgIpc) is 3.10. The van der Waals surface area contributed by atoms with Crippen LogP contribution in [-0.4, -0.2) is 35.3 Å². The minimum atomic E-state index is -0.677. The third kappa shape index (κ3) is 3.62. The number of carboxylic acid groups (broad SMARTS) is 1. The van der Waals surface area contributed by atoms with E-state index >= 15 is 0 Å². The quantitative estimate of drug-likeness (QED) is 0.843. The summed E-state index contributed by atoms with van der Waals surface area (Å²) in [5, 5.41) is 9.18. The van der Waals surface area contributed by atoms with Crippen LogP contribution in [0.2, 0.25) is 0 Å². The predicted octanol–water partition coefficient (Wildman–Crippen LogP) is 3.89. The average molecular weight is 331 g/mol. The molecule has 1 aromatic heterocycles. The molecule has 0 spiro atoms. The van der Waals surface area contributed by atoms with Gasteiger partial charge in [-0.05, 0) is 62.0 Å². The number of benzene rings is 1. The van der Waals surface area contributed by atoms with E-state index in [9.17, 15) is 9.90 Å². The first-order chi connectivity index (χ1) is 11.2. The van der Waals surface area contributed by atoms with Gasteiger partial charge in [-0.15, -0.1) is 11.8 Å². The van der Waals surface area contributed by atoms with E-state index in [1.54, 1.807) is 18.0 Å². The van der Waals surface area contributed by atoms with Crippen LogP contribution in [0.3, 0.4) is 0 Å². The number of aliphatic carboxylic acids is 1. The summed E-state index contributed by atoms with van der Waals surface area (Å²) in [7, 11) is 0. The number of hydrogen-bond acceptors (Lipinski definition) is 4. The summed E-state index contributed by atoms with van der Waals surface area (Å²) < 4.78 is 5.67.